The van der Waals surface area contributed by atoms with Gasteiger partial charge in [-0.2, -0.15) is 0 Å². The number of halogens is 1. The molecule has 1 aromatic carbocycles. The minimum absolute atomic E-state index is 0.0910. The molecular formula is C16H19ClO4. The maximum absolute atomic E-state index is 11.7. The van der Waals surface area contributed by atoms with Crippen LogP contribution in [0.3, 0.4) is 0 Å². The van der Waals surface area contributed by atoms with Gasteiger partial charge in [0.25, 0.3) is 0 Å². The number of esters is 2. The lowest BCUT2D eigenvalue weighted by Gasteiger charge is -2.16. The molecule has 0 heterocycles. The number of hydrogen-bond donors (Lipinski definition) is 0. The third-order valence-electron chi connectivity index (χ3n) is 3.42. The van der Waals surface area contributed by atoms with Gasteiger partial charge in [0.2, 0.25) is 0 Å². The van der Waals surface area contributed by atoms with Crippen molar-refractivity contribution in [1.29, 1.82) is 0 Å². The maximum Gasteiger partial charge on any atom is 0.338 e. The summed E-state index contributed by atoms with van der Waals surface area (Å²) in [5.41, 5.74) is 0.546. The highest BCUT2D eigenvalue weighted by Gasteiger charge is 2.33. The normalized spacial score (nSPS) is 15.3. The van der Waals surface area contributed by atoms with Crippen LogP contribution in [0, 0.1) is 5.92 Å². The molecule has 0 radical (unpaired) electrons. The van der Waals surface area contributed by atoms with E-state index in [0.29, 0.717) is 30.9 Å². The zero-order valence-electron chi connectivity index (χ0n) is 11.8. The van der Waals surface area contributed by atoms with Crippen LogP contribution >= 0.6 is 11.6 Å². The average Bonchev–Trinajstić information content (AvgIpc) is 3.35. The quantitative estimate of drug-likeness (QED) is 0.420. The van der Waals surface area contributed by atoms with Gasteiger partial charge in [-0.05, 0) is 43.7 Å². The van der Waals surface area contributed by atoms with Gasteiger partial charge >= 0.3 is 11.9 Å². The van der Waals surface area contributed by atoms with Crippen molar-refractivity contribution in [2.75, 3.05) is 12.5 Å². The topological polar surface area (TPSA) is 52.6 Å². The summed E-state index contributed by atoms with van der Waals surface area (Å²) in [4.78, 5) is 23.0. The van der Waals surface area contributed by atoms with Crippen LogP contribution in [0.2, 0.25) is 0 Å². The van der Waals surface area contributed by atoms with Gasteiger partial charge in [-0.25, -0.2) is 4.79 Å². The van der Waals surface area contributed by atoms with E-state index in [1.807, 2.05) is 6.07 Å². The number of rotatable bonds is 8. The Balaban J connectivity index is 1.68. The predicted molar refractivity (Wildman–Crippen MR) is 79.3 cm³/mol. The van der Waals surface area contributed by atoms with E-state index in [1.54, 1.807) is 24.3 Å². The van der Waals surface area contributed by atoms with Gasteiger partial charge in [0, 0.05) is 0 Å². The van der Waals surface area contributed by atoms with E-state index in [-0.39, 0.29) is 23.9 Å². The smallest absolute Gasteiger partial charge is 0.338 e. The van der Waals surface area contributed by atoms with E-state index in [9.17, 15) is 9.59 Å². The molecule has 1 fully saturated rings. The van der Waals surface area contributed by atoms with Crippen molar-refractivity contribution in [3.05, 3.63) is 35.9 Å². The fraction of sp³-hybridized carbons (Fsp3) is 0.500. The molecule has 5 heteroatoms. The molecule has 1 unspecified atom stereocenters. The standard InChI is InChI=1S/C16H19ClO4/c17-11-15(18)21-14(12-8-9-12)7-4-10-20-16(19)13-5-2-1-3-6-13/h1-3,5-6,12,14H,4,7-11H2. The lowest BCUT2D eigenvalue weighted by molar-refractivity contribution is -0.147. The Bertz CT molecular complexity index is 470. The molecule has 0 saturated heterocycles. The molecule has 0 N–H and O–H groups in total. The highest BCUT2D eigenvalue weighted by Crippen LogP contribution is 2.36. The fourth-order valence-electron chi connectivity index (χ4n) is 2.17. The molecule has 2 rings (SSSR count). The van der Waals surface area contributed by atoms with E-state index < -0.39 is 0 Å². The van der Waals surface area contributed by atoms with Gasteiger partial charge < -0.3 is 9.47 Å². The highest BCUT2D eigenvalue weighted by atomic mass is 35.5. The molecule has 0 bridgehead atoms. The summed E-state index contributed by atoms with van der Waals surface area (Å²) < 4.78 is 10.5. The molecule has 0 amide bonds. The lowest BCUT2D eigenvalue weighted by Crippen LogP contribution is -2.21. The van der Waals surface area contributed by atoms with Gasteiger partial charge in [-0.15, -0.1) is 11.6 Å². The first-order valence-electron chi connectivity index (χ1n) is 7.18. The van der Waals surface area contributed by atoms with Crippen molar-refractivity contribution in [3.63, 3.8) is 0 Å². The molecule has 0 spiro atoms. The second-order valence-electron chi connectivity index (χ2n) is 5.14. The van der Waals surface area contributed by atoms with Crippen LogP contribution in [-0.4, -0.2) is 30.5 Å². The second-order valence-corrected chi connectivity index (χ2v) is 5.41. The van der Waals surface area contributed by atoms with Crippen LogP contribution in [0.1, 0.15) is 36.0 Å². The summed E-state index contributed by atoms with van der Waals surface area (Å²) >= 11 is 5.45. The minimum Gasteiger partial charge on any atom is -0.462 e. The van der Waals surface area contributed by atoms with Crippen molar-refractivity contribution < 1.29 is 19.1 Å². The Labute approximate surface area is 129 Å². The molecule has 4 nitrogen and oxygen atoms in total. The first-order chi connectivity index (χ1) is 10.2. The van der Waals surface area contributed by atoms with Crippen molar-refractivity contribution in [2.45, 2.75) is 31.8 Å². The molecule has 1 saturated carbocycles. The number of ether oxygens (including phenoxy) is 2. The van der Waals surface area contributed by atoms with E-state index in [1.165, 1.54) is 0 Å². The van der Waals surface area contributed by atoms with E-state index in [0.717, 1.165) is 12.8 Å². The maximum atomic E-state index is 11.7. The summed E-state index contributed by atoms with van der Waals surface area (Å²) in [6, 6.07) is 8.88. The molecule has 1 atom stereocenters. The zero-order valence-corrected chi connectivity index (χ0v) is 12.6. The Kier molecular flexibility index (Phi) is 6.05. The number of alkyl halides is 1. The van der Waals surface area contributed by atoms with Crippen molar-refractivity contribution in [3.8, 4) is 0 Å². The predicted octanol–water partition coefficient (Wildman–Crippen LogP) is 3.18. The summed E-state index contributed by atoms with van der Waals surface area (Å²) in [7, 11) is 0. The van der Waals surface area contributed by atoms with Crippen LogP contribution in [0.5, 0.6) is 0 Å². The SMILES string of the molecule is O=C(CCl)OC(CCCOC(=O)c1ccccc1)C1CC1. The Morgan fingerprint density at radius 1 is 1.24 bits per heavy atom. The van der Waals surface area contributed by atoms with Gasteiger partial charge in [0.05, 0.1) is 12.2 Å². The largest absolute Gasteiger partial charge is 0.462 e. The molecule has 0 aromatic heterocycles. The second kappa shape index (κ2) is 8.03. The Morgan fingerprint density at radius 3 is 2.57 bits per heavy atom. The monoisotopic (exact) mass is 310 g/mol. The van der Waals surface area contributed by atoms with Crippen LogP contribution in [-0.2, 0) is 14.3 Å². The zero-order chi connectivity index (χ0) is 15.1. The van der Waals surface area contributed by atoms with Crippen LogP contribution in [0.25, 0.3) is 0 Å². The van der Waals surface area contributed by atoms with Crippen LogP contribution in [0.15, 0.2) is 30.3 Å². The van der Waals surface area contributed by atoms with E-state index in [2.05, 4.69) is 0 Å². The summed E-state index contributed by atoms with van der Waals surface area (Å²) in [6.07, 6.45) is 3.46. The summed E-state index contributed by atoms with van der Waals surface area (Å²) in [5, 5.41) is 0. The molecule has 1 aliphatic carbocycles. The first kappa shape index (κ1) is 15.8. The molecule has 114 valence electrons. The minimum atomic E-state index is -0.380. The lowest BCUT2D eigenvalue weighted by atomic mass is 10.1. The molecular weight excluding hydrogens is 292 g/mol. The van der Waals surface area contributed by atoms with Crippen molar-refractivity contribution in [1.82, 2.24) is 0 Å². The Hall–Kier alpha value is -1.55. The number of carbonyl (C=O) groups excluding carboxylic acids is 2. The number of benzene rings is 1. The molecule has 1 aliphatic rings. The third kappa shape index (κ3) is 5.38. The van der Waals surface area contributed by atoms with Gasteiger partial charge in [0.15, 0.2) is 0 Å². The Morgan fingerprint density at radius 2 is 1.95 bits per heavy atom. The molecule has 21 heavy (non-hydrogen) atoms. The summed E-state index contributed by atoms with van der Waals surface area (Å²) in [6.45, 7) is 0.329. The fourth-order valence-corrected chi connectivity index (χ4v) is 2.23. The average molecular weight is 311 g/mol. The third-order valence-corrected chi connectivity index (χ3v) is 3.63. The number of hydrogen-bond acceptors (Lipinski definition) is 4. The van der Waals surface area contributed by atoms with Gasteiger partial charge in [-0.3, -0.25) is 4.79 Å². The van der Waals surface area contributed by atoms with E-state index >= 15 is 0 Å². The van der Waals surface area contributed by atoms with Crippen LogP contribution in [0.4, 0.5) is 0 Å². The molecule has 0 aliphatic heterocycles. The van der Waals surface area contributed by atoms with Gasteiger partial charge in [-0.1, -0.05) is 18.2 Å². The molecule has 1 aromatic rings. The van der Waals surface area contributed by atoms with E-state index in [4.69, 9.17) is 21.1 Å². The highest BCUT2D eigenvalue weighted by molar-refractivity contribution is 6.26. The summed E-state index contributed by atoms with van der Waals surface area (Å²) in [5.74, 6) is -0.375. The van der Waals surface area contributed by atoms with Gasteiger partial charge in [0.1, 0.15) is 12.0 Å². The first-order valence-corrected chi connectivity index (χ1v) is 7.71. The van der Waals surface area contributed by atoms with Crippen molar-refractivity contribution >= 4 is 23.5 Å². The van der Waals surface area contributed by atoms with Crippen LogP contribution < -0.4 is 0 Å². The van der Waals surface area contributed by atoms with Crippen molar-refractivity contribution in [2.24, 2.45) is 5.92 Å². The number of carbonyl (C=O) groups is 2.